The van der Waals surface area contributed by atoms with Crippen molar-refractivity contribution in [2.45, 2.75) is 38.5 Å². The smallest absolute Gasteiger partial charge is 0.407 e. The highest BCUT2D eigenvalue weighted by atomic mass is 16.6. The number of nitrogens with zero attached hydrogens (tertiary/aromatic N) is 1. The Kier molecular flexibility index (Phi) is 4.22. The average molecular weight is 296 g/mol. The van der Waals surface area contributed by atoms with Crippen LogP contribution in [0.3, 0.4) is 0 Å². The number of hydrogen-bond donors (Lipinski definition) is 2. The number of aliphatic carboxylic acids is 1. The highest BCUT2D eigenvalue weighted by molar-refractivity contribution is 5.75. The first-order chi connectivity index (χ1) is 9.76. The highest BCUT2D eigenvalue weighted by Crippen LogP contribution is 2.26. The molecule has 1 fully saturated rings. The number of carboxylic acid groups (broad SMARTS) is 1. The molecule has 1 saturated heterocycles. The maximum atomic E-state index is 11.6. The summed E-state index contributed by atoms with van der Waals surface area (Å²) in [5.74, 6) is -0.938. The summed E-state index contributed by atoms with van der Waals surface area (Å²) in [6.07, 6.45) is 2.39. The summed E-state index contributed by atoms with van der Waals surface area (Å²) in [4.78, 5) is 24.7. The fourth-order valence-electron chi connectivity index (χ4n) is 2.23. The van der Waals surface area contributed by atoms with Gasteiger partial charge in [0.05, 0.1) is 18.6 Å². The molecule has 0 bridgehead atoms. The van der Waals surface area contributed by atoms with Gasteiger partial charge in [0.25, 0.3) is 0 Å². The standard InChI is InChI=1S/C14H20N2O5/c1-14(2,3)21-13(19)15-10-6-16(7-10)11(12(17)18)9-4-5-20-8-9/h4-5,8,10-11H,6-7H2,1-3H3,(H,15,19)(H,17,18). The van der Waals surface area contributed by atoms with Crippen LogP contribution in [0.15, 0.2) is 23.0 Å². The Balaban J connectivity index is 1.85. The molecule has 1 aromatic rings. The summed E-state index contributed by atoms with van der Waals surface area (Å²) in [5, 5.41) is 12.0. The van der Waals surface area contributed by atoms with Gasteiger partial charge in [-0.1, -0.05) is 0 Å². The molecule has 0 radical (unpaired) electrons. The second kappa shape index (κ2) is 5.77. The van der Waals surface area contributed by atoms with E-state index in [1.54, 1.807) is 31.7 Å². The number of alkyl carbamates (subject to hydrolysis) is 1. The second-order valence-corrected chi connectivity index (χ2v) is 6.09. The number of furan rings is 1. The van der Waals surface area contributed by atoms with E-state index >= 15 is 0 Å². The molecule has 7 nitrogen and oxygen atoms in total. The van der Waals surface area contributed by atoms with E-state index in [0.717, 1.165) is 0 Å². The van der Waals surface area contributed by atoms with Gasteiger partial charge < -0.3 is 19.6 Å². The predicted molar refractivity (Wildman–Crippen MR) is 73.8 cm³/mol. The van der Waals surface area contributed by atoms with Gasteiger partial charge in [-0.25, -0.2) is 4.79 Å². The molecule has 2 rings (SSSR count). The molecule has 116 valence electrons. The lowest BCUT2D eigenvalue weighted by Gasteiger charge is -2.42. The molecule has 0 spiro atoms. The van der Waals surface area contributed by atoms with Gasteiger partial charge in [-0.15, -0.1) is 0 Å². The van der Waals surface area contributed by atoms with Crippen LogP contribution >= 0.6 is 0 Å². The lowest BCUT2D eigenvalue weighted by molar-refractivity contribution is -0.145. The Hall–Kier alpha value is -2.02. The molecule has 1 unspecified atom stereocenters. The Morgan fingerprint density at radius 1 is 1.48 bits per heavy atom. The molecule has 1 aliphatic rings. The zero-order chi connectivity index (χ0) is 15.6. The maximum Gasteiger partial charge on any atom is 0.407 e. The van der Waals surface area contributed by atoms with E-state index in [9.17, 15) is 14.7 Å². The molecule has 2 N–H and O–H groups in total. The second-order valence-electron chi connectivity index (χ2n) is 6.09. The van der Waals surface area contributed by atoms with Crippen LogP contribution in [0.2, 0.25) is 0 Å². The average Bonchev–Trinajstić information content (AvgIpc) is 2.76. The van der Waals surface area contributed by atoms with Gasteiger partial charge in [0.15, 0.2) is 0 Å². The van der Waals surface area contributed by atoms with Gasteiger partial charge in [-0.3, -0.25) is 9.69 Å². The Morgan fingerprint density at radius 3 is 2.62 bits per heavy atom. The Morgan fingerprint density at radius 2 is 2.14 bits per heavy atom. The van der Waals surface area contributed by atoms with E-state index < -0.39 is 23.7 Å². The number of carboxylic acids is 1. The van der Waals surface area contributed by atoms with Crippen molar-refractivity contribution in [3.05, 3.63) is 24.2 Å². The molecular weight excluding hydrogens is 276 g/mol. The normalized spacial score (nSPS) is 17.9. The number of nitrogens with one attached hydrogen (secondary N) is 1. The van der Waals surface area contributed by atoms with Crippen LogP contribution in [0.5, 0.6) is 0 Å². The number of hydrogen-bond acceptors (Lipinski definition) is 5. The predicted octanol–water partition coefficient (Wildman–Crippen LogP) is 1.61. The minimum absolute atomic E-state index is 0.103. The van der Waals surface area contributed by atoms with E-state index in [4.69, 9.17) is 9.15 Å². The van der Waals surface area contributed by atoms with Crippen molar-refractivity contribution in [1.82, 2.24) is 10.2 Å². The molecule has 2 heterocycles. The first-order valence-electron chi connectivity index (χ1n) is 6.75. The van der Waals surface area contributed by atoms with Gasteiger partial charge >= 0.3 is 12.1 Å². The molecule has 1 aromatic heterocycles. The van der Waals surface area contributed by atoms with Gasteiger partial charge in [0.1, 0.15) is 11.6 Å². The fraction of sp³-hybridized carbons (Fsp3) is 0.571. The Labute approximate surface area is 122 Å². The summed E-state index contributed by atoms with van der Waals surface area (Å²) < 4.78 is 10.1. The van der Waals surface area contributed by atoms with E-state index in [1.165, 1.54) is 12.5 Å². The number of carbonyl (C=O) groups is 2. The summed E-state index contributed by atoms with van der Waals surface area (Å²) in [6, 6.07) is 0.780. The first-order valence-corrected chi connectivity index (χ1v) is 6.75. The lowest BCUT2D eigenvalue weighted by Crippen LogP contribution is -2.61. The van der Waals surface area contributed by atoms with Crippen molar-refractivity contribution in [3.63, 3.8) is 0 Å². The lowest BCUT2D eigenvalue weighted by atomic mass is 10.0. The van der Waals surface area contributed by atoms with Crippen molar-refractivity contribution in [1.29, 1.82) is 0 Å². The molecular formula is C14H20N2O5. The zero-order valence-electron chi connectivity index (χ0n) is 12.3. The monoisotopic (exact) mass is 296 g/mol. The van der Waals surface area contributed by atoms with E-state index in [-0.39, 0.29) is 6.04 Å². The molecule has 7 heteroatoms. The summed E-state index contributed by atoms with van der Waals surface area (Å²) in [6.45, 7) is 6.29. The van der Waals surface area contributed by atoms with Gasteiger partial charge in [-0.2, -0.15) is 0 Å². The van der Waals surface area contributed by atoms with E-state index in [2.05, 4.69) is 5.32 Å². The van der Waals surface area contributed by atoms with Crippen LogP contribution in [0.4, 0.5) is 4.79 Å². The zero-order valence-corrected chi connectivity index (χ0v) is 12.3. The molecule has 1 atom stereocenters. The van der Waals surface area contributed by atoms with Crippen LogP contribution in [0.25, 0.3) is 0 Å². The fourth-order valence-corrected chi connectivity index (χ4v) is 2.23. The SMILES string of the molecule is CC(C)(C)OC(=O)NC1CN(C(C(=O)O)c2ccoc2)C1. The third-order valence-electron chi connectivity index (χ3n) is 3.09. The van der Waals surface area contributed by atoms with E-state index in [0.29, 0.717) is 18.7 Å². The van der Waals surface area contributed by atoms with Crippen LogP contribution in [-0.4, -0.2) is 46.8 Å². The van der Waals surface area contributed by atoms with Crippen LogP contribution < -0.4 is 5.32 Å². The van der Waals surface area contributed by atoms with Crippen LogP contribution in [0, 0.1) is 0 Å². The third kappa shape index (κ3) is 3.98. The minimum Gasteiger partial charge on any atom is -0.480 e. The number of carbonyl (C=O) groups excluding carboxylic acids is 1. The minimum atomic E-state index is -0.938. The summed E-state index contributed by atoms with van der Waals surface area (Å²) >= 11 is 0. The number of amides is 1. The molecule has 0 saturated carbocycles. The largest absolute Gasteiger partial charge is 0.480 e. The van der Waals surface area contributed by atoms with Crippen LogP contribution in [0.1, 0.15) is 32.4 Å². The van der Waals surface area contributed by atoms with Crippen molar-refractivity contribution in [3.8, 4) is 0 Å². The Bertz CT molecular complexity index is 500. The molecule has 1 aliphatic heterocycles. The molecule has 0 aliphatic carbocycles. The van der Waals surface area contributed by atoms with Gasteiger partial charge in [0, 0.05) is 18.7 Å². The summed E-state index contributed by atoms with van der Waals surface area (Å²) in [7, 11) is 0. The van der Waals surface area contributed by atoms with Crippen molar-refractivity contribution < 1.29 is 23.8 Å². The van der Waals surface area contributed by atoms with Gasteiger partial charge in [0.2, 0.25) is 0 Å². The third-order valence-corrected chi connectivity index (χ3v) is 3.09. The molecule has 21 heavy (non-hydrogen) atoms. The van der Waals surface area contributed by atoms with Gasteiger partial charge in [-0.05, 0) is 26.8 Å². The van der Waals surface area contributed by atoms with Crippen molar-refractivity contribution in [2.75, 3.05) is 13.1 Å². The molecule has 1 amide bonds. The maximum absolute atomic E-state index is 11.6. The first kappa shape index (κ1) is 15.4. The van der Waals surface area contributed by atoms with E-state index in [1.807, 2.05) is 0 Å². The highest BCUT2D eigenvalue weighted by Gasteiger charge is 2.38. The van der Waals surface area contributed by atoms with Crippen molar-refractivity contribution in [2.24, 2.45) is 0 Å². The van der Waals surface area contributed by atoms with Crippen molar-refractivity contribution >= 4 is 12.1 Å². The quantitative estimate of drug-likeness (QED) is 0.877. The molecule has 0 aromatic carbocycles. The van der Waals surface area contributed by atoms with Crippen LogP contribution in [-0.2, 0) is 9.53 Å². The number of rotatable bonds is 4. The topological polar surface area (TPSA) is 92.0 Å². The number of ether oxygens (including phenoxy) is 1. The number of likely N-dealkylation sites (tertiary alicyclic amines) is 1. The summed E-state index contributed by atoms with van der Waals surface area (Å²) in [5.41, 5.74) is 0.0479.